The van der Waals surface area contributed by atoms with Crippen molar-refractivity contribution in [1.82, 2.24) is 19.7 Å². The summed E-state index contributed by atoms with van der Waals surface area (Å²) in [6, 6.07) is 8.37. The van der Waals surface area contributed by atoms with Crippen LogP contribution in [0.4, 0.5) is 5.69 Å². The van der Waals surface area contributed by atoms with Crippen LogP contribution in [-0.4, -0.2) is 45.4 Å². The molecule has 1 amide bonds. The van der Waals surface area contributed by atoms with E-state index in [4.69, 9.17) is 0 Å². The van der Waals surface area contributed by atoms with E-state index in [1.165, 1.54) is 17.3 Å². The molecule has 0 aliphatic heterocycles. The summed E-state index contributed by atoms with van der Waals surface area (Å²) in [5.74, 6) is 1.81. The molecule has 1 N–H and O–H groups in total. The van der Waals surface area contributed by atoms with Crippen LogP contribution in [-0.2, 0) is 11.3 Å². The van der Waals surface area contributed by atoms with Crippen LogP contribution in [0, 0.1) is 0 Å². The molecule has 0 fully saturated rings. The van der Waals surface area contributed by atoms with Gasteiger partial charge in [0.15, 0.2) is 11.0 Å². The van der Waals surface area contributed by atoms with Crippen LogP contribution < -0.4 is 5.32 Å². The van der Waals surface area contributed by atoms with E-state index >= 15 is 0 Å². The predicted octanol–water partition coefficient (Wildman–Crippen LogP) is 5.34. The summed E-state index contributed by atoms with van der Waals surface area (Å²) in [4.78, 5) is 14.7. The van der Waals surface area contributed by atoms with E-state index in [1.807, 2.05) is 12.1 Å². The Kier molecular flexibility index (Phi) is 9.85. The third-order valence-electron chi connectivity index (χ3n) is 5.50. The van der Waals surface area contributed by atoms with Gasteiger partial charge in [0.05, 0.1) is 11.8 Å². The molecule has 0 saturated heterocycles. The van der Waals surface area contributed by atoms with Gasteiger partial charge in [-0.3, -0.25) is 9.69 Å². The molecular weight excluding hydrogens is 394 g/mol. The number of aromatic nitrogens is 3. The monoisotopic (exact) mass is 431 g/mol. The molecule has 7 heteroatoms. The summed E-state index contributed by atoms with van der Waals surface area (Å²) < 4.78 is 2.19. The number of carbonyl (C=O) groups is 1. The van der Waals surface area contributed by atoms with E-state index in [0.717, 1.165) is 48.9 Å². The maximum absolute atomic E-state index is 12.5. The number of rotatable bonds is 12. The minimum Gasteiger partial charge on any atom is -0.325 e. The van der Waals surface area contributed by atoms with E-state index < -0.39 is 0 Å². The molecule has 0 radical (unpaired) electrons. The number of thioether (sulfide) groups is 1. The van der Waals surface area contributed by atoms with Gasteiger partial charge >= 0.3 is 0 Å². The number of hydrogen-bond acceptors (Lipinski definition) is 5. The molecule has 0 spiro atoms. The Morgan fingerprint density at radius 3 is 2.40 bits per heavy atom. The second-order valence-corrected chi connectivity index (χ2v) is 8.94. The Labute approximate surface area is 185 Å². The van der Waals surface area contributed by atoms with Gasteiger partial charge in [-0.25, -0.2) is 0 Å². The van der Waals surface area contributed by atoms with E-state index in [-0.39, 0.29) is 11.9 Å². The Hall–Kier alpha value is -1.86. The normalized spacial score (nSPS) is 13.4. The molecule has 0 unspecified atom stereocenters. The van der Waals surface area contributed by atoms with Gasteiger partial charge in [-0.1, -0.05) is 58.0 Å². The first-order chi connectivity index (χ1) is 14.4. The second-order valence-electron chi connectivity index (χ2n) is 8.00. The zero-order valence-corrected chi connectivity index (χ0v) is 20.1. The summed E-state index contributed by atoms with van der Waals surface area (Å²) in [7, 11) is 4.14. The maximum atomic E-state index is 12.5. The molecule has 1 heterocycles. The van der Waals surface area contributed by atoms with Crippen LogP contribution in [0.25, 0.3) is 0 Å². The van der Waals surface area contributed by atoms with Gasteiger partial charge in [0, 0.05) is 12.2 Å². The summed E-state index contributed by atoms with van der Waals surface area (Å²) in [6.45, 7) is 9.62. The van der Waals surface area contributed by atoms with Crippen LogP contribution in [0.15, 0.2) is 29.4 Å². The summed E-state index contributed by atoms with van der Waals surface area (Å²) >= 11 is 1.46. The van der Waals surface area contributed by atoms with Crippen molar-refractivity contribution in [3.8, 4) is 0 Å². The van der Waals surface area contributed by atoms with Crippen molar-refractivity contribution in [3.05, 3.63) is 35.7 Å². The van der Waals surface area contributed by atoms with Crippen molar-refractivity contribution in [1.29, 1.82) is 0 Å². The first kappa shape index (κ1) is 24.4. The number of unbranched alkanes of at least 4 members (excludes halogenated alkanes) is 1. The molecular formula is C23H37N5OS. The van der Waals surface area contributed by atoms with Gasteiger partial charge in [0.2, 0.25) is 5.91 Å². The average Bonchev–Trinajstić information content (AvgIpc) is 3.13. The highest BCUT2D eigenvalue weighted by molar-refractivity contribution is 7.99. The molecule has 30 heavy (non-hydrogen) atoms. The van der Waals surface area contributed by atoms with Gasteiger partial charge < -0.3 is 9.88 Å². The van der Waals surface area contributed by atoms with Crippen LogP contribution in [0.3, 0.4) is 0 Å². The van der Waals surface area contributed by atoms with E-state index in [0.29, 0.717) is 11.7 Å². The topological polar surface area (TPSA) is 63.1 Å². The van der Waals surface area contributed by atoms with Crippen molar-refractivity contribution in [3.63, 3.8) is 0 Å². The predicted molar refractivity (Wildman–Crippen MR) is 126 cm³/mol. The molecule has 0 aliphatic carbocycles. The van der Waals surface area contributed by atoms with E-state index in [2.05, 4.69) is 78.9 Å². The molecule has 2 aromatic rings. The fourth-order valence-electron chi connectivity index (χ4n) is 3.42. The van der Waals surface area contributed by atoms with Crippen LogP contribution in [0.1, 0.15) is 76.7 Å². The number of amides is 1. The van der Waals surface area contributed by atoms with Gasteiger partial charge in [-0.05, 0) is 57.0 Å². The molecule has 0 saturated carbocycles. The van der Waals surface area contributed by atoms with Gasteiger partial charge in [-0.15, -0.1) is 10.2 Å². The van der Waals surface area contributed by atoms with Crippen LogP contribution in [0.2, 0.25) is 0 Å². The SMILES string of the molecule is CCCCn1c(SCC(=O)Nc2ccc([C@H](C)CC)cc2)nnc1[C@H](CC)N(C)C. The fraction of sp³-hybridized carbons (Fsp3) is 0.609. The zero-order chi connectivity index (χ0) is 22.1. The molecule has 2 rings (SSSR count). The molecule has 1 aromatic carbocycles. The lowest BCUT2D eigenvalue weighted by Crippen LogP contribution is -2.23. The molecule has 0 bridgehead atoms. The van der Waals surface area contributed by atoms with Crippen LogP contribution in [0.5, 0.6) is 0 Å². The number of benzene rings is 1. The fourth-order valence-corrected chi connectivity index (χ4v) is 4.19. The summed E-state index contributed by atoms with van der Waals surface area (Å²) in [5.41, 5.74) is 2.13. The Morgan fingerprint density at radius 1 is 1.13 bits per heavy atom. The van der Waals surface area contributed by atoms with Gasteiger partial charge in [-0.2, -0.15) is 0 Å². The minimum atomic E-state index is -0.0254. The number of carbonyl (C=O) groups excluding carboxylic acids is 1. The van der Waals surface area contributed by atoms with E-state index in [1.54, 1.807) is 0 Å². The van der Waals surface area contributed by atoms with Crippen molar-refractivity contribution < 1.29 is 4.79 Å². The quantitative estimate of drug-likeness (QED) is 0.460. The van der Waals surface area contributed by atoms with Crippen LogP contribution >= 0.6 is 11.8 Å². The molecule has 2 atom stereocenters. The average molecular weight is 432 g/mol. The highest BCUT2D eigenvalue weighted by Gasteiger charge is 2.22. The minimum absolute atomic E-state index is 0.0254. The molecule has 6 nitrogen and oxygen atoms in total. The zero-order valence-electron chi connectivity index (χ0n) is 19.3. The first-order valence-electron chi connectivity index (χ1n) is 11.0. The smallest absolute Gasteiger partial charge is 0.234 e. The number of nitrogens with one attached hydrogen (secondary N) is 1. The highest BCUT2D eigenvalue weighted by Crippen LogP contribution is 2.26. The molecule has 1 aromatic heterocycles. The number of nitrogens with zero attached hydrogens (tertiary/aromatic N) is 4. The Balaban J connectivity index is 2.03. The van der Waals surface area contributed by atoms with Gasteiger partial charge in [0.1, 0.15) is 0 Å². The standard InChI is InChI=1S/C23H37N5OS/c1-7-10-15-28-22(20(9-3)27(5)6)25-26-23(28)30-16-21(29)24-19-13-11-18(12-14-19)17(4)8-2/h11-14,17,20H,7-10,15-16H2,1-6H3,(H,24,29)/t17-,20+/m1/s1. The van der Waals surface area contributed by atoms with Crippen molar-refractivity contribution in [2.75, 3.05) is 25.2 Å². The Morgan fingerprint density at radius 2 is 1.83 bits per heavy atom. The molecule has 166 valence electrons. The summed E-state index contributed by atoms with van der Waals surface area (Å²) in [5, 5.41) is 12.7. The van der Waals surface area contributed by atoms with E-state index in [9.17, 15) is 4.79 Å². The number of anilines is 1. The number of hydrogen-bond donors (Lipinski definition) is 1. The third kappa shape index (κ3) is 6.57. The van der Waals surface area contributed by atoms with Crippen molar-refractivity contribution in [2.24, 2.45) is 0 Å². The maximum Gasteiger partial charge on any atom is 0.234 e. The van der Waals surface area contributed by atoms with Gasteiger partial charge in [0.25, 0.3) is 0 Å². The lowest BCUT2D eigenvalue weighted by atomic mass is 9.99. The van der Waals surface area contributed by atoms with Crippen molar-refractivity contribution in [2.45, 2.75) is 77.0 Å². The molecule has 0 aliphatic rings. The van der Waals surface area contributed by atoms with Crippen molar-refractivity contribution >= 4 is 23.4 Å². The Bertz CT molecular complexity index is 787. The summed E-state index contributed by atoms with van der Waals surface area (Å²) in [6.07, 6.45) is 4.25. The largest absolute Gasteiger partial charge is 0.325 e. The third-order valence-corrected chi connectivity index (χ3v) is 6.46. The lowest BCUT2D eigenvalue weighted by Gasteiger charge is -2.23. The highest BCUT2D eigenvalue weighted by atomic mass is 32.2. The lowest BCUT2D eigenvalue weighted by molar-refractivity contribution is -0.113. The first-order valence-corrected chi connectivity index (χ1v) is 12.0. The second kappa shape index (κ2) is 12.1.